The molecule has 22 heavy (non-hydrogen) atoms. The van der Waals surface area contributed by atoms with Crippen LogP contribution < -0.4 is 0 Å². The lowest BCUT2D eigenvalue weighted by Gasteiger charge is -2.55. The number of hydrogen-bond acceptors (Lipinski definition) is 6. The summed E-state index contributed by atoms with van der Waals surface area (Å²) in [7, 11) is 0. The Morgan fingerprint density at radius 3 is 2.82 bits per heavy atom. The first-order valence-corrected chi connectivity index (χ1v) is 8.76. The van der Waals surface area contributed by atoms with Gasteiger partial charge in [-0.25, -0.2) is 9.78 Å². The number of thioether (sulfide) groups is 1. The Hall–Kier alpha value is -1.37. The standard InChI is InChI=1S/C15H22N4O2S/c1-14(2,3)21-13(20)19-8-10-5-15(6-10,9-19)11-7-16-18-12(17-11)22-4/h7,10H,5-6,8-9H2,1-4H3. The summed E-state index contributed by atoms with van der Waals surface area (Å²) >= 11 is 1.49. The highest BCUT2D eigenvalue weighted by Crippen LogP contribution is 2.51. The first-order valence-electron chi connectivity index (χ1n) is 7.53. The second-order valence-electron chi connectivity index (χ2n) is 7.24. The zero-order chi connectivity index (χ0) is 16.0. The molecule has 0 unspecified atom stereocenters. The van der Waals surface area contributed by atoms with E-state index in [1.807, 2.05) is 31.9 Å². The van der Waals surface area contributed by atoms with Crippen molar-refractivity contribution in [1.82, 2.24) is 20.1 Å². The van der Waals surface area contributed by atoms with Gasteiger partial charge >= 0.3 is 6.09 Å². The van der Waals surface area contributed by atoms with E-state index in [1.54, 1.807) is 6.20 Å². The average Bonchev–Trinajstić information content (AvgIpc) is 2.44. The molecule has 1 aliphatic carbocycles. The molecule has 0 radical (unpaired) electrons. The highest BCUT2D eigenvalue weighted by molar-refractivity contribution is 7.98. The van der Waals surface area contributed by atoms with Gasteiger partial charge in [-0.05, 0) is 45.8 Å². The van der Waals surface area contributed by atoms with E-state index >= 15 is 0 Å². The monoisotopic (exact) mass is 322 g/mol. The predicted octanol–water partition coefficient (Wildman–Crippen LogP) is 2.49. The lowest BCUT2D eigenvalue weighted by molar-refractivity contribution is -0.0322. The second kappa shape index (κ2) is 5.37. The van der Waals surface area contributed by atoms with Gasteiger partial charge < -0.3 is 9.64 Å². The largest absolute Gasteiger partial charge is 0.444 e. The van der Waals surface area contributed by atoms with Crippen molar-refractivity contribution in [2.45, 2.75) is 49.8 Å². The molecular weight excluding hydrogens is 300 g/mol. The summed E-state index contributed by atoms with van der Waals surface area (Å²) in [6.45, 7) is 7.12. The topological polar surface area (TPSA) is 68.2 Å². The number of carbonyl (C=O) groups is 1. The van der Waals surface area contributed by atoms with E-state index in [0.29, 0.717) is 17.6 Å². The van der Waals surface area contributed by atoms with Gasteiger partial charge in [0, 0.05) is 18.5 Å². The number of piperidine rings is 2. The molecule has 120 valence electrons. The summed E-state index contributed by atoms with van der Waals surface area (Å²) in [4.78, 5) is 18.8. The number of amides is 1. The van der Waals surface area contributed by atoms with Gasteiger partial charge in [-0.1, -0.05) is 11.8 Å². The maximum absolute atomic E-state index is 12.3. The number of ether oxygens (including phenoxy) is 1. The Kier molecular flexibility index (Phi) is 3.79. The number of nitrogens with zero attached hydrogens (tertiary/aromatic N) is 4. The first kappa shape index (κ1) is 15.5. The molecule has 0 spiro atoms. The van der Waals surface area contributed by atoms with Crippen LogP contribution in [0.5, 0.6) is 0 Å². The molecule has 3 heterocycles. The molecule has 3 aliphatic rings. The Bertz CT molecular complexity index is 581. The molecular formula is C15H22N4O2S. The quantitative estimate of drug-likeness (QED) is 0.779. The number of hydrogen-bond donors (Lipinski definition) is 0. The smallest absolute Gasteiger partial charge is 0.410 e. The molecule has 1 amide bonds. The van der Waals surface area contributed by atoms with Crippen LogP contribution in [0.1, 0.15) is 39.3 Å². The molecule has 0 aromatic carbocycles. The normalized spacial score (nSPS) is 27.3. The van der Waals surface area contributed by atoms with E-state index in [4.69, 9.17) is 4.74 Å². The fourth-order valence-electron chi connectivity index (χ4n) is 3.43. The second-order valence-corrected chi connectivity index (χ2v) is 8.02. The molecule has 2 saturated heterocycles. The van der Waals surface area contributed by atoms with E-state index < -0.39 is 5.60 Å². The Balaban J connectivity index is 1.77. The summed E-state index contributed by atoms with van der Waals surface area (Å²) in [6, 6.07) is 0. The molecule has 2 aliphatic heterocycles. The van der Waals surface area contributed by atoms with Crippen molar-refractivity contribution in [1.29, 1.82) is 0 Å². The Morgan fingerprint density at radius 2 is 2.18 bits per heavy atom. The van der Waals surface area contributed by atoms with Crippen LogP contribution in [0, 0.1) is 5.92 Å². The zero-order valence-corrected chi connectivity index (χ0v) is 14.3. The van der Waals surface area contributed by atoms with Gasteiger partial charge in [-0.15, -0.1) is 5.10 Å². The molecule has 4 rings (SSSR count). The zero-order valence-electron chi connectivity index (χ0n) is 13.5. The van der Waals surface area contributed by atoms with Crippen molar-refractivity contribution >= 4 is 17.9 Å². The Labute approximate surface area is 135 Å². The van der Waals surface area contributed by atoms with Gasteiger partial charge in [0.05, 0.1) is 11.9 Å². The highest BCUT2D eigenvalue weighted by atomic mass is 32.2. The molecule has 1 saturated carbocycles. The SMILES string of the molecule is CSc1nncc(C23CC(CN(C(=O)OC(C)(C)C)C2)C3)n1. The van der Waals surface area contributed by atoms with Crippen molar-refractivity contribution in [3.8, 4) is 0 Å². The highest BCUT2D eigenvalue weighted by Gasteiger charge is 2.53. The average molecular weight is 322 g/mol. The fourth-order valence-corrected chi connectivity index (χ4v) is 3.75. The van der Waals surface area contributed by atoms with Crippen molar-refractivity contribution in [3.63, 3.8) is 0 Å². The van der Waals surface area contributed by atoms with Gasteiger partial charge in [0.1, 0.15) is 5.60 Å². The lowest BCUT2D eigenvalue weighted by atomic mass is 9.57. The van der Waals surface area contributed by atoms with Gasteiger partial charge in [0.25, 0.3) is 0 Å². The van der Waals surface area contributed by atoms with Crippen LogP contribution in [-0.4, -0.2) is 51.1 Å². The minimum atomic E-state index is -0.464. The molecule has 1 aromatic rings. The number of fused-ring (bicyclic) bond motifs is 2. The van der Waals surface area contributed by atoms with E-state index in [2.05, 4.69) is 15.2 Å². The minimum absolute atomic E-state index is 0.0692. The molecule has 7 heteroatoms. The van der Waals surface area contributed by atoms with Crippen molar-refractivity contribution < 1.29 is 9.53 Å². The van der Waals surface area contributed by atoms with Crippen LogP contribution in [0.25, 0.3) is 0 Å². The third kappa shape index (κ3) is 2.91. The van der Waals surface area contributed by atoms with Gasteiger partial charge in [-0.2, -0.15) is 5.10 Å². The molecule has 0 atom stereocenters. The van der Waals surface area contributed by atoms with Crippen LogP contribution in [0.4, 0.5) is 4.79 Å². The van der Waals surface area contributed by atoms with Crippen LogP contribution >= 0.6 is 11.8 Å². The van der Waals surface area contributed by atoms with Crippen LogP contribution in [0.3, 0.4) is 0 Å². The van der Waals surface area contributed by atoms with Crippen molar-refractivity contribution in [2.24, 2.45) is 5.92 Å². The fraction of sp³-hybridized carbons (Fsp3) is 0.733. The molecule has 1 aromatic heterocycles. The predicted molar refractivity (Wildman–Crippen MR) is 83.8 cm³/mol. The van der Waals surface area contributed by atoms with E-state index in [0.717, 1.165) is 25.1 Å². The summed E-state index contributed by atoms with van der Waals surface area (Å²) in [5.41, 5.74) is 0.422. The van der Waals surface area contributed by atoms with E-state index in [1.165, 1.54) is 11.8 Å². The summed E-state index contributed by atoms with van der Waals surface area (Å²) in [6.07, 6.45) is 5.59. The summed E-state index contributed by atoms with van der Waals surface area (Å²) in [5, 5.41) is 8.75. The minimum Gasteiger partial charge on any atom is -0.444 e. The Morgan fingerprint density at radius 1 is 1.45 bits per heavy atom. The third-order valence-electron chi connectivity index (χ3n) is 4.25. The lowest BCUT2D eigenvalue weighted by Crippen LogP contribution is -2.61. The number of aromatic nitrogens is 3. The molecule has 0 N–H and O–H groups in total. The molecule has 2 bridgehead atoms. The van der Waals surface area contributed by atoms with E-state index in [9.17, 15) is 4.79 Å². The molecule has 3 fully saturated rings. The summed E-state index contributed by atoms with van der Waals surface area (Å²) in [5.74, 6) is 0.536. The number of carbonyl (C=O) groups excluding carboxylic acids is 1. The third-order valence-corrected chi connectivity index (χ3v) is 4.79. The summed E-state index contributed by atoms with van der Waals surface area (Å²) < 4.78 is 5.51. The van der Waals surface area contributed by atoms with Crippen molar-refractivity contribution in [3.05, 3.63) is 11.9 Å². The van der Waals surface area contributed by atoms with Gasteiger partial charge in [-0.3, -0.25) is 0 Å². The first-order chi connectivity index (χ1) is 10.3. The van der Waals surface area contributed by atoms with E-state index in [-0.39, 0.29) is 11.5 Å². The van der Waals surface area contributed by atoms with Gasteiger partial charge in [0.2, 0.25) is 5.16 Å². The maximum Gasteiger partial charge on any atom is 0.410 e. The van der Waals surface area contributed by atoms with Crippen LogP contribution in [0.15, 0.2) is 11.4 Å². The van der Waals surface area contributed by atoms with Gasteiger partial charge in [0.15, 0.2) is 0 Å². The van der Waals surface area contributed by atoms with Crippen molar-refractivity contribution in [2.75, 3.05) is 19.3 Å². The number of rotatable bonds is 2. The van der Waals surface area contributed by atoms with Crippen LogP contribution in [-0.2, 0) is 10.2 Å². The van der Waals surface area contributed by atoms with Crippen LogP contribution in [0.2, 0.25) is 0 Å². The molecule has 6 nitrogen and oxygen atoms in total. The maximum atomic E-state index is 12.3.